The summed E-state index contributed by atoms with van der Waals surface area (Å²) in [5.41, 5.74) is 9.23. The van der Waals surface area contributed by atoms with Crippen LogP contribution in [0.4, 0.5) is 11.4 Å². The Hall–Kier alpha value is -1.50. The smallest absolute Gasteiger partial charge is 0.143 e. The summed E-state index contributed by atoms with van der Waals surface area (Å²) in [4.78, 5) is 7.56. The average molecular weight is 363 g/mol. The first-order valence-corrected chi connectivity index (χ1v) is 9.87. The Bertz CT molecular complexity index is 579. The van der Waals surface area contributed by atoms with Crippen LogP contribution >= 0.6 is 0 Å². The van der Waals surface area contributed by atoms with Crippen molar-refractivity contribution in [2.24, 2.45) is 0 Å². The van der Waals surface area contributed by atoms with E-state index in [2.05, 4.69) is 27.8 Å². The molecular weight excluding hydrogens is 328 g/mol. The number of nitrogen functional groups attached to an aromatic ring is 1. The Morgan fingerprint density at radius 2 is 1.81 bits per heavy atom. The van der Waals surface area contributed by atoms with E-state index in [1.165, 1.54) is 50.3 Å². The number of nitrogens with zero attached hydrogens (tertiary/aromatic N) is 3. The number of rotatable bonds is 6. The number of likely N-dealkylation sites (N-methyl/N-ethyl adjacent to an activating group) is 1. The molecular formula is C20H34N4O2. The summed E-state index contributed by atoms with van der Waals surface area (Å²) < 4.78 is 5.45. The van der Waals surface area contributed by atoms with Crippen LogP contribution in [0.15, 0.2) is 12.1 Å². The zero-order valence-corrected chi connectivity index (χ0v) is 16.3. The van der Waals surface area contributed by atoms with Gasteiger partial charge in [0.05, 0.1) is 12.8 Å². The molecule has 0 spiro atoms. The second-order valence-electron chi connectivity index (χ2n) is 7.61. The van der Waals surface area contributed by atoms with Crippen LogP contribution in [0.3, 0.4) is 0 Å². The van der Waals surface area contributed by atoms with Crippen LogP contribution < -0.4 is 15.4 Å². The molecule has 2 aliphatic rings. The number of piperazine rings is 1. The standard InChI is InChI=1S/C20H34N4O2/c1-22-9-11-23(12-10-22)17-5-7-24(8-6-17)19-15-20(26-2)18(21)14-16(19)4-3-13-25/h14-15,17,25H,3-13,21H2,1-2H3. The van der Waals surface area contributed by atoms with Gasteiger partial charge in [0.25, 0.3) is 0 Å². The molecule has 0 unspecified atom stereocenters. The number of hydrogen-bond acceptors (Lipinski definition) is 6. The zero-order valence-electron chi connectivity index (χ0n) is 16.3. The number of piperidine rings is 1. The van der Waals surface area contributed by atoms with Gasteiger partial charge in [0.1, 0.15) is 5.75 Å². The van der Waals surface area contributed by atoms with Crippen LogP contribution in [-0.2, 0) is 6.42 Å². The molecule has 146 valence electrons. The number of nitrogens with two attached hydrogens (primary N) is 1. The van der Waals surface area contributed by atoms with E-state index in [4.69, 9.17) is 10.5 Å². The predicted molar refractivity (Wildman–Crippen MR) is 107 cm³/mol. The van der Waals surface area contributed by atoms with Crippen molar-refractivity contribution >= 4 is 11.4 Å². The fraction of sp³-hybridized carbons (Fsp3) is 0.700. The van der Waals surface area contributed by atoms with Gasteiger partial charge in [0, 0.05) is 63.7 Å². The third-order valence-electron chi connectivity index (χ3n) is 5.89. The van der Waals surface area contributed by atoms with Gasteiger partial charge in [-0.15, -0.1) is 0 Å². The molecule has 6 heteroatoms. The topological polar surface area (TPSA) is 65.2 Å². The highest BCUT2D eigenvalue weighted by Crippen LogP contribution is 2.34. The largest absolute Gasteiger partial charge is 0.495 e. The normalized spacial score (nSPS) is 20.5. The summed E-state index contributed by atoms with van der Waals surface area (Å²) in [5.74, 6) is 0.744. The first kappa shape index (κ1) is 19.3. The molecule has 26 heavy (non-hydrogen) atoms. The summed E-state index contributed by atoms with van der Waals surface area (Å²) in [6, 6.07) is 4.81. The van der Waals surface area contributed by atoms with Crippen molar-refractivity contribution in [3.05, 3.63) is 17.7 Å². The maximum absolute atomic E-state index is 9.22. The molecule has 0 saturated carbocycles. The fourth-order valence-corrected chi connectivity index (χ4v) is 4.23. The molecule has 1 aromatic carbocycles. The van der Waals surface area contributed by atoms with E-state index in [1.54, 1.807) is 7.11 Å². The lowest BCUT2D eigenvalue weighted by molar-refractivity contribution is 0.0982. The van der Waals surface area contributed by atoms with Gasteiger partial charge in [-0.25, -0.2) is 0 Å². The van der Waals surface area contributed by atoms with Gasteiger partial charge < -0.3 is 25.4 Å². The van der Waals surface area contributed by atoms with Crippen molar-refractivity contribution in [3.63, 3.8) is 0 Å². The molecule has 2 saturated heterocycles. The fourth-order valence-electron chi connectivity index (χ4n) is 4.23. The van der Waals surface area contributed by atoms with Gasteiger partial charge >= 0.3 is 0 Å². The minimum Gasteiger partial charge on any atom is -0.495 e. The van der Waals surface area contributed by atoms with Crippen LogP contribution in [-0.4, -0.2) is 81.0 Å². The summed E-state index contributed by atoms with van der Waals surface area (Å²) in [7, 11) is 3.88. The van der Waals surface area contributed by atoms with Gasteiger partial charge in [0.2, 0.25) is 0 Å². The van der Waals surface area contributed by atoms with Crippen molar-refractivity contribution in [3.8, 4) is 5.75 Å². The number of ether oxygens (including phenoxy) is 1. The van der Waals surface area contributed by atoms with Gasteiger partial charge in [-0.05, 0) is 44.4 Å². The lowest BCUT2D eigenvalue weighted by Gasteiger charge is -2.43. The second kappa shape index (κ2) is 8.93. The van der Waals surface area contributed by atoms with Gasteiger partial charge in [-0.3, -0.25) is 4.90 Å². The minimum atomic E-state index is 0.205. The monoisotopic (exact) mass is 362 g/mol. The van der Waals surface area contributed by atoms with E-state index in [-0.39, 0.29) is 6.61 Å². The summed E-state index contributed by atoms with van der Waals surface area (Å²) >= 11 is 0. The van der Waals surface area contributed by atoms with Crippen molar-refractivity contribution < 1.29 is 9.84 Å². The molecule has 3 N–H and O–H groups in total. The molecule has 0 amide bonds. The molecule has 0 aromatic heterocycles. The average Bonchev–Trinajstić information content (AvgIpc) is 2.67. The Kier molecular flexibility index (Phi) is 6.62. The van der Waals surface area contributed by atoms with Crippen LogP contribution in [0.1, 0.15) is 24.8 Å². The number of aliphatic hydroxyl groups excluding tert-OH is 1. The first-order valence-electron chi connectivity index (χ1n) is 9.87. The number of methoxy groups -OCH3 is 1. The Morgan fingerprint density at radius 1 is 1.12 bits per heavy atom. The molecule has 6 nitrogen and oxygen atoms in total. The lowest BCUT2D eigenvalue weighted by Crippen LogP contribution is -2.52. The second-order valence-corrected chi connectivity index (χ2v) is 7.61. The van der Waals surface area contributed by atoms with Crippen molar-refractivity contribution in [2.45, 2.75) is 31.7 Å². The van der Waals surface area contributed by atoms with E-state index in [1.807, 2.05) is 6.07 Å². The third-order valence-corrected chi connectivity index (χ3v) is 5.89. The first-order chi connectivity index (χ1) is 12.6. The van der Waals surface area contributed by atoms with E-state index >= 15 is 0 Å². The SMILES string of the molecule is COc1cc(N2CCC(N3CCN(C)CC3)CC2)c(CCCO)cc1N. The zero-order chi connectivity index (χ0) is 18.5. The third kappa shape index (κ3) is 4.42. The molecule has 0 bridgehead atoms. The molecule has 2 heterocycles. The Labute approximate surface area is 157 Å². The van der Waals surface area contributed by atoms with Gasteiger partial charge in [0.15, 0.2) is 0 Å². The predicted octanol–water partition coefficient (Wildman–Crippen LogP) is 1.42. The maximum atomic E-state index is 9.22. The molecule has 0 atom stereocenters. The molecule has 3 rings (SSSR count). The molecule has 0 aliphatic carbocycles. The molecule has 1 aromatic rings. The summed E-state index contributed by atoms with van der Waals surface area (Å²) in [6.45, 7) is 7.09. The van der Waals surface area contributed by atoms with Gasteiger partial charge in [-0.1, -0.05) is 0 Å². The van der Waals surface area contributed by atoms with Crippen LogP contribution in [0.25, 0.3) is 0 Å². The van der Waals surface area contributed by atoms with E-state index in [0.717, 1.165) is 31.7 Å². The summed E-state index contributed by atoms with van der Waals surface area (Å²) in [6.07, 6.45) is 4.01. The Balaban J connectivity index is 1.67. The van der Waals surface area contributed by atoms with Gasteiger partial charge in [-0.2, -0.15) is 0 Å². The number of hydrogen-bond donors (Lipinski definition) is 2. The highest BCUT2D eigenvalue weighted by molar-refractivity contribution is 5.67. The quantitative estimate of drug-likeness (QED) is 0.746. The highest BCUT2D eigenvalue weighted by atomic mass is 16.5. The van der Waals surface area contributed by atoms with Crippen LogP contribution in [0.5, 0.6) is 5.75 Å². The van der Waals surface area contributed by atoms with Crippen molar-refractivity contribution in [1.82, 2.24) is 9.80 Å². The number of aryl methyl sites for hydroxylation is 1. The lowest BCUT2D eigenvalue weighted by atomic mass is 9.99. The molecule has 2 fully saturated rings. The van der Waals surface area contributed by atoms with Crippen molar-refractivity contribution in [2.75, 3.05) is 70.7 Å². The molecule has 0 radical (unpaired) electrons. The van der Waals surface area contributed by atoms with E-state index in [0.29, 0.717) is 11.7 Å². The maximum Gasteiger partial charge on any atom is 0.143 e. The Morgan fingerprint density at radius 3 is 2.42 bits per heavy atom. The number of benzene rings is 1. The number of aliphatic hydroxyl groups is 1. The van der Waals surface area contributed by atoms with Crippen LogP contribution in [0.2, 0.25) is 0 Å². The van der Waals surface area contributed by atoms with E-state index < -0.39 is 0 Å². The number of anilines is 2. The summed E-state index contributed by atoms with van der Waals surface area (Å²) in [5, 5.41) is 9.22. The van der Waals surface area contributed by atoms with E-state index in [9.17, 15) is 5.11 Å². The van der Waals surface area contributed by atoms with Crippen LogP contribution in [0, 0.1) is 0 Å². The minimum absolute atomic E-state index is 0.205. The van der Waals surface area contributed by atoms with Crippen molar-refractivity contribution in [1.29, 1.82) is 0 Å². The molecule has 2 aliphatic heterocycles. The highest BCUT2D eigenvalue weighted by Gasteiger charge is 2.27.